The summed E-state index contributed by atoms with van der Waals surface area (Å²) in [6.45, 7) is 5.35. The van der Waals surface area contributed by atoms with Gasteiger partial charge in [0, 0.05) is 42.8 Å². The van der Waals surface area contributed by atoms with Crippen molar-refractivity contribution in [3.05, 3.63) is 55.2 Å². The first kappa shape index (κ1) is 18.6. The van der Waals surface area contributed by atoms with Crippen LogP contribution < -0.4 is 16.0 Å². The van der Waals surface area contributed by atoms with Gasteiger partial charge in [0.2, 0.25) is 0 Å². The number of halogens is 2. The first-order valence-electron chi connectivity index (χ1n) is 7.73. The van der Waals surface area contributed by atoms with Gasteiger partial charge in [-0.2, -0.15) is 13.9 Å². The van der Waals surface area contributed by atoms with Crippen molar-refractivity contribution in [3.63, 3.8) is 0 Å². The van der Waals surface area contributed by atoms with Crippen LogP contribution in [0.3, 0.4) is 0 Å². The molecule has 0 aliphatic carbocycles. The predicted molar refractivity (Wildman–Crippen MR) is 95.4 cm³/mol. The molecule has 8 heteroatoms. The highest BCUT2D eigenvalue weighted by Gasteiger charge is 2.21. The number of pyridine rings is 1. The fourth-order valence-electron chi connectivity index (χ4n) is 2.51. The van der Waals surface area contributed by atoms with Gasteiger partial charge in [0.15, 0.2) is 0 Å². The fourth-order valence-corrected chi connectivity index (χ4v) is 2.51. The summed E-state index contributed by atoms with van der Waals surface area (Å²) >= 11 is 0. The van der Waals surface area contributed by atoms with Gasteiger partial charge in [-0.3, -0.25) is 0 Å². The smallest absolute Gasteiger partial charge is 0.333 e. The van der Waals surface area contributed by atoms with E-state index in [1.807, 2.05) is 7.05 Å². The molecule has 25 heavy (non-hydrogen) atoms. The molecule has 0 fully saturated rings. The van der Waals surface area contributed by atoms with Gasteiger partial charge >= 0.3 is 6.55 Å². The van der Waals surface area contributed by atoms with E-state index in [1.165, 1.54) is 12.4 Å². The van der Waals surface area contributed by atoms with Crippen molar-refractivity contribution in [2.45, 2.75) is 12.6 Å². The molecule has 2 rings (SSSR count). The highest BCUT2D eigenvalue weighted by atomic mass is 19.3. The van der Waals surface area contributed by atoms with Crippen molar-refractivity contribution in [1.29, 1.82) is 0 Å². The summed E-state index contributed by atoms with van der Waals surface area (Å²) in [6, 6.07) is 1.65. The molecule has 2 heterocycles. The molecule has 0 spiro atoms. The molecule has 1 unspecified atom stereocenters. The summed E-state index contributed by atoms with van der Waals surface area (Å²) in [5.41, 5.74) is 2.92. The standard InChI is InChI=1S/C17H22F2N6/c1-5-11(2)23-9-14(20-3)15-13(6-7-22-16(15)21-4)12-8-24-25(10-12)17(18)19/h5-8,10,14,17,20,23H,1-2,9H2,3-4H3,(H,21,22). The van der Waals surface area contributed by atoms with Crippen LogP contribution in [-0.2, 0) is 0 Å². The second kappa shape index (κ2) is 8.39. The molecule has 3 N–H and O–H groups in total. The Balaban J connectivity index is 2.46. The lowest BCUT2D eigenvalue weighted by Gasteiger charge is -2.23. The van der Waals surface area contributed by atoms with Crippen LogP contribution in [0.4, 0.5) is 14.6 Å². The minimum Gasteiger partial charge on any atom is -0.384 e. The number of hydrogen-bond donors (Lipinski definition) is 3. The van der Waals surface area contributed by atoms with Gasteiger partial charge in [0.05, 0.1) is 12.2 Å². The van der Waals surface area contributed by atoms with Crippen molar-refractivity contribution in [3.8, 4) is 11.1 Å². The van der Waals surface area contributed by atoms with E-state index in [9.17, 15) is 8.78 Å². The van der Waals surface area contributed by atoms with Crippen LogP contribution in [0, 0.1) is 0 Å². The first-order valence-corrected chi connectivity index (χ1v) is 7.73. The number of rotatable bonds is 9. The van der Waals surface area contributed by atoms with Crippen LogP contribution in [-0.4, -0.2) is 35.4 Å². The van der Waals surface area contributed by atoms with Crippen LogP contribution in [0.25, 0.3) is 11.1 Å². The zero-order chi connectivity index (χ0) is 18.4. The van der Waals surface area contributed by atoms with Crippen LogP contribution >= 0.6 is 0 Å². The maximum atomic E-state index is 12.8. The average molecular weight is 348 g/mol. The number of likely N-dealkylation sites (N-methyl/N-ethyl adjacent to an activating group) is 1. The maximum absolute atomic E-state index is 12.8. The molecule has 0 saturated heterocycles. The SMILES string of the molecule is C=CC(=C)NCC(NC)c1c(-c2cnn(C(F)F)c2)ccnc1NC. The molecule has 0 radical (unpaired) electrons. The monoisotopic (exact) mass is 348 g/mol. The predicted octanol–water partition coefficient (Wildman–Crippen LogP) is 2.93. The lowest BCUT2D eigenvalue weighted by molar-refractivity contribution is 0.0566. The Kier molecular flexibility index (Phi) is 6.24. The first-order chi connectivity index (χ1) is 12.0. The Bertz CT molecular complexity index is 740. The molecule has 0 amide bonds. The molecular weight excluding hydrogens is 326 g/mol. The summed E-state index contributed by atoms with van der Waals surface area (Å²) in [4.78, 5) is 4.34. The van der Waals surface area contributed by atoms with E-state index in [2.05, 4.69) is 39.2 Å². The van der Waals surface area contributed by atoms with Crippen molar-refractivity contribution in [2.75, 3.05) is 26.0 Å². The highest BCUT2D eigenvalue weighted by Crippen LogP contribution is 2.32. The molecule has 0 saturated carbocycles. The number of nitrogens with zero attached hydrogens (tertiary/aromatic N) is 3. The number of allylic oxidation sites excluding steroid dienone is 1. The average Bonchev–Trinajstić information content (AvgIpc) is 3.12. The van der Waals surface area contributed by atoms with Crippen molar-refractivity contribution in [2.24, 2.45) is 0 Å². The molecule has 0 aliphatic heterocycles. The molecule has 0 aliphatic rings. The largest absolute Gasteiger partial charge is 0.384 e. The van der Waals surface area contributed by atoms with E-state index in [0.717, 1.165) is 11.1 Å². The molecule has 134 valence electrons. The summed E-state index contributed by atoms with van der Waals surface area (Å²) in [6.07, 6.45) is 6.01. The summed E-state index contributed by atoms with van der Waals surface area (Å²) in [5, 5.41) is 13.2. The number of aromatic nitrogens is 3. The lowest BCUT2D eigenvalue weighted by Crippen LogP contribution is -2.29. The van der Waals surface area contributed by atoms with Crippen LogP contribution in [0.2, 0.25) is 0 Å². The quantitative estimate of drug-likeness (QED) is 0.608. The van der Waals surface area contributed by atoms with E-state index >= 15 is 0 Å². The zero-order valence-corrected chi connectivity index (χ0v) is 14.3. The van der Waals surface area contributed by atoms with Gasteiger partial charge in [0.1, 0.15) is 5.82 Å². The normalized spacial score (nSPS) is 12.0. The van der Waals surface area contributed by atoms with Gasteiger partial charge in [-0.15, -0.1) is 0 Å². The lowest BCUT2D eigenvalue weighted by atomic mass is 9.97. The van der Waals surface area contributed by atoms with E-state index in [1.54, 1.807) is 25.4 Å². The van der Waals surface area contributed by atoms with Crippen molar-refractivity contribution in [1.82, 2.24) is 25.4 Å². The third-order valence-electron chi connectivity index (χ3n) is 3.82. The highest BCUT2D eigenvalue weighted by molar-refractivity contribution is 5.72. The Morgan fingerprint density at radius 2 is 2.16 bits per heavy atom. The molecular formula is C17H22F2N6. The summed E-state index contributed by atoms with van der Waals surface area (Å²) in [5.74, 6) is 0.660. The Morgan fingerprint density at radius 1 is 1.40 bits per heavy atom. The molecule has 2 aromatic heterocycles. The summed E-state index contributed by atoms with van der Waals surface area (Å²) in [7, 11) is 3.59. The second-order valence-electron chi connectivity index (χ2n) is 5.31. The van der Waals surface area contributed by atoms with Crippen LogP contribution in [0.15, 0.2) is 49.6 Å². The molecule has 0 aromatic carbocycles. The molecule has 1 atom stereocenters. The number of anilines is 1. The topological polar surface area (TPSA) is 66.8 Å². The number of hydrogen-bond acceptors (Lipinski definition) is 5. The maximum Gasteiger partial charge on any atom is 0.333 e. The van der Waals surface area contributed by atoms with Gasteiger partial charge in [-0.25, -0.2) is 9.67 Å². The Labute approximate surface area is 145 Å². The van der Waals surface area contributed by atoms with Crippen molar-refractivity contribution >= 4 is 5.82 Å². The molecule has 6 nitrogen and oxygen atoms in total. The van der Waals surface area contributed by atoms with Crippen molar-refractivity contribution < 1.29 is 8.78 Å². The minimum atomic E-state index is -2.68. The van der Waals surface area contributed by atoms with E-state index in [4.69, 9.17) is 0 Å². The minimum absolute atomic E-state index is 0.141. The second-order valence-corrected chi connectivity index (χ2v) is 5.31. The molecule has 0 bridgehead atoms. The van der Waals surface area contributed by atoms with E-state index in [-0.39, 0.29) is 6.04 Å². The van der Waals surface area contributed by atoms with Gasteiger partial charge in [-0.05, 0) is 24.8 Å². The Hall–Kier alpha value is -2.74. The van der Waals surface area contributed by atoms with Crippen LogP contribution in [0.5, 0.6) is 0 Å². The van der Waals surface area contributed by atoms with Gasteiger partial charge < -0.3 is 16.0 Å². The molecule has 2 aromatic rings. The number of alkyl halides is 2. The van der Waals surface area contributed by atoms with Crippen LogP contribution in [0.1, 0.15) is 18.2 Å². The third kappa shape index (κ3) is 4.21. The van der Waals surface area contributed by atoms with E-state index in [0.29, 0.717) is 28.3 Å². The Morgan fingerprint density at radius 3 is 2.72 bits per heavy atom. The number of nitrogens with one attached hydrogen (secondary N) is 3. The van der Waals surface area contributed by atoms with Gasteiger partial charge in [0.25, 0.3) is 0 Å². The van der Waals surface area contributed by atoms with Gasteiger partial charge in [-0.1, -0.05) is 13.2 Å². The fraction of sp³-hybridized carbons (Fsp3) is 0.294. The van der Waals surface area contributed by atoms with E-state index < -0.39 is 6.55 Å². The summed E-state index contributed by atoms with van der Waals surface area (Å²) < 4.78 is 26.3. The third-order valence-corrected chi connectivity index (χ3v) is 3.82. The zero-order valence-electron chi connectivity index (χ0n) is 14.3.